The molecule has 0 amide bonds. The van der Waals surface area contributed by atoms with Crippen molar-refractivity contribution in [3.05, 3.63) is 22.8 Å². The van der Waals surface area contributed by atoms with Gasteiger partial charge in [0.05, 0.1) is 0 Å². The highest BCUT2D eigenvalue weighted by Crippen LogP contribution is 2.11. The first kappa shape index (κ1) is 10.4. The number of hydrogen-bond acceptors (Lipinski definition) is 4. The van der Waals surface area contributed by atoms with Crippen LogP contribution in [0.25, 0.3) is 0 Å². The minimum atomic E-state index is -0.301. The fourth-order valence-corrected chi connectivity index (χ4v) is 1.52. The van der Waals surface area contributed by atoms with E-state index in [4.69, 9.17) is 12.2 Å². The number of nitrogens with zero attached hydrogens (tertiary/aromatic N) is 3. The fraction of sp³-hybridized carbons (Fsp3) is 0.111. The van der Waals surface area contributed by atoms with Gasteiger partial charge in [0.15, 0.2) is 6.17 Å². The van der Waals surface area contributed by atoms with E-state index in [1.54, 1.807) is 18.6 Å². The summed E-state index contributed by atoms with van der Waals surface area (Å²) in [6.45, 7) is 0. The van der Waals surface area contributed by atoms with Crippen molar-refractivity contribution >= 4 is 51.4 Å². The molecular formula is C9H7BrN4S. The molecule has 0 bridgehead atoms. The third-order valence-electron chi connectivity index (χ3n) is 1.73. The number of hydrogen-bond donors (Lipinski definition) is 1. The van der Waals surface area contributed by atoms with Crippen molar-refractivity contribution in [3.63, 3.8) is 0 Å². The standard InChI is InChI=1S/C9H7BrN4S/c10-6-1-2-7(13-5-6)14-9(15)8-11-3-4-12-8/h1-5,8H,(H,13,14,15). The minimum Gasteiger partial charge on any atom is -0.331 e. The number of pyridine rings is 1. The number of aromatic nitrogens is 1. The van der Waals surface area contributed by atoms with Gasteiger partial charge in [-0.2, -0.15) is 0 Å². The summed E-state index contributed by atoms with van der Waals surface area (Å²) >= 11 is 8.45. The molecule has 1 aliphatic rings. The zero-order valence-corrected chi connectivity index (χ0v) is 9.99. The molecule has 0 fully saturated rings. The minimum absolute atomic E-state index is 0.301. The Kier molecular flexibility index (Phi) is 3.17. The third-order valence-corrected chi connectivity index (χ3v) is 2.52. The van der Waals surface area contributed by atoms with E-state index in [-0.39, 0.29) is 6.17 Å². The predicted octanol–water partition coefficient (Wildman–Crippen LogP) is 2.06. The van der Waals surface area contributed by atoms with Gasteiger partial charge in [-0.3, -0.25) is 9.98 Å². The summed E-state index contributed by atoms with van der Waals surface area (Å²) in [5.74, 6) is 0.695. The van der Waals surface area contributed by atoms with Crippen LogP contribution >= 0.6 is 28.1 Å². The van der Waals surface area contributed by atoms with Crippen LogP contribution in [-0.2, 0) is 0 Å². The lowest BCUT2D eigenvalue weighted by molar-refractivity contribution is 0.965. The summed E-state index contributed by atoms with van der Waals surface area (Å²) in [5, 5.41) is 2.98. The first-order chi connectivity index (χ1) is 7.25. The van der Waals surface area contributed by atoms with Crippen LogP contribution < -0.4 is 5.32 Å². The van der Waals surface area contributed by atoms with Gasteiger partial charge in [-0.25, -0.2) is 4.98 Å². The molecule has 4 nitrogen and oxygen atoms in total. The molecule has 0 radical (unpaired) electrons. The lowest BCUT2D eigenvalue weighted by Crippen LogP contribution is -2.21. The highest BCUT2D eigenvalue weighted by atomic mass is 79.9. The molecule has 0 saturated heterocycles. The Balaban J connectivity index is 2.02. The van der Waals surface area contributed by atoms with Crippen LogP contribution in [0.5, 0.6) is 0 Å². The average Bonchev–Trinajstić information content (AvgIpc) is 2.74. The van der Waals surface area contributed by atoms with Crippen LogP contribution in [0.3, 0.4) is 0 Å². The lowest BCUT2D eigenvalue weighted by Gasteiger charge is -2.08. The van der Waals surface area contributed by atoms with Gasteiger partial charge in [0.2, 0.25) is 0 Å². The number of thiocarbonyl (C=S) groups is 1. The average molecular weight is 283 g/mol. The Bertz CT molecular complexity index is 414. The molecule has 1 aromatic heterocycles. The van der Waals surface area contributed by atoms with Crippen LogP contribution in [0.2, 0.25) is 0 Å². The van der Waals surface area contributed by atoms with Gasteiger partial charge in [0.1, 0.15) is 10.8 Å². The van der Waals surface area contributed by atoms with E-state index in [1.807, 2.05) is 12.1 Å². The monoisotopic (exact) mass is 282 g/mol. The Morgan fingerprint density at radius 1 is 1.33 bits per heavy atom. The third kappa shape index (κ3) is 2.66. The van der Waals surface area contributed by atoms with Gasteiger partial charge in [-0.15, -0.1) is 0 Å². The van der Waals surface area contributed by atoms with E-state index in [9.17, 15) is 0 Å². The molecule has 0 atom stereocenters. The number of halogens is 1. The smallest absolute Gasteiger partial charge is 0.189 e. The Labute approximate surface area is 101 Å². The second-order valence-corrected chi connectivity index (χ2v) is 4.18. The zero-order valence-electron chi connectivity index (χ0n) is 7.59. The van der Waals surface area contributed by atoms with Crippen LogP contribution in [0.15, 0.2) is 32.8 Å². The van der Waals surface area contributed by atoms with Crippen molar-refractivity contribution in [3.8, 4) is 0 Å². The predicted molar refractivity (Wildman–Crippen MR) is 68.9 cm³/mol. The normalized spacial score (nSPS) is 14.5. The Morgan fingerprint density at radius 2 is 2.07 bits per heavy atom. The molecule has 76 valence electrons. The highest BCUT2D eigenvalue weighted by molar-refractivity contribution is 9.10. The maximum absolute atomic E-state index is 5.14. The molecule has 1 aliphatic heterocycles. The quantitative estimate of drug-likeness (QED) is 0.845. The number of aliphatic imine (C=N–C) groups is 2. The molecular weight excluding hydrogens is 276 g/mol. The number of nitrogens with one attached hydrogen (secondary N) is 1. The largest absolute Gasteiger partial charge is 0.331 e. The van der Waals surface area contributed by atoms with Gasteiger partial charge < -0.3 is 5.32 Å². The van der Waals surface area contributed by atoms with Crippen molar-refractivity contribution in [2.45, 2.75) is 6.17 Å². The van der Waals surface area contributed by atoms with Gasteiger partial charge in [0.25, 0.3) is 0 Å². The Morgan fingerprint density at radius 3 is 2.67 bits per heavy atom. The van der Waals surface area contributed by atoms with Crippen LogP contribution in [0.1, 0.15) is 0 Å². The molecule has 1 aromatic rings. The second-order valence-electron chi connectivity index (χ2n) is 2.82. The molecule has 0 aliphatic carbocycles. The van der Waals surface area contributed by atoms with Crippen molar-refractivity contribution in [1.29, 1.82) is 0 Å². The second kappa shape index (κ2) is 4.59. The van der Waals surface area contributed by atoms with E-state index in [1.165, 1.54) is 0 Å². The van der Waals surface area contributed by atoms with Crippen molar-refractivity contribution in [2.24, 2.45) is 9.98 Å². The fourth-order valence-electron chi connectivity index (χ4n) is 1.05. The summed E-state index contributed by atoms with van der Waals surface area (Å²) in [7, 11) is 0. The number of rotatable bonds is 2. The molecule has 2 heterocycles. The van der Waals surface area contributed by atoms with Gasteiger partial charge in [-0.05, 0) is 28.1 Å². The van der Waals surface area contributed by atoms with Crippen LogP contribution in [-0.4, -0.2) is 28.6 Å². The SMILES string of the molecule is S=C(Nc1ccc(Br)cn1)C1N=CC=N1. The summed E-state index contributed by atoms with van der Waals surface area (Å²) in [6.07, 6.45) is 4.67. The summed E-state index contributed by atoms with van der Waals surface area (Å²) in [5.41, 5.74) is 0. The van der Waals surface area contributed by atoms with Gasteiger partial charge >= 0.3 is 0 Å². The summed E-state index contributed by atoms with van der Waals surface area (Å²) in [6, 6.07) is 3.72. The topological polar surface area (TPSA) is 49.6 Å². The Hall–Kier alpha value is -1.14. The molecule has 6 heteroatoms. The molecule has 2 rings (SSSR count). The first-order valence-electron chi connectivity index (χ1n) is 4.23. The van der Waals surface area contributed by atoms with E-state index in [0.717, 1.165) is 4.47 Å². The van der Waals surface area contributed by atoms with Crippen LogP contribution in [0, 0.1) is 0 Å². The molecule has 0 aromatic carbocycles. The van der Waals surface area contributed by atoms with Crippen molar-refractivity contribution in [1.82, 2.24) is 4.98 Å². The molecule has 0 saturated carbocycles. The summed E-state index contributed by atoms with van der Waals surface area (Å²) < 4.78 is 0.927. The van der Waals surface area contributed by atoms with Crippen molar-refractivity contribution in [2.75, 3.05) is 5.32 Å². The van der Waals surface area contributed by atoms with E-state index >= 15 is 0 Å². The first-order valence-corrected chi connectivity index (χ1v) is 5.43. The van der Waals surface area contributed by atoms with E-state index in [0.29, 0.717) is 10.8 Å². The van der Waals surface area contributed by atoms with E-state index < -0.39 is 0 Å². The van der Waals surface area contributed by atoms with Gasteiger partial charge in [-0.1, -0.05) is 12.2 Å². The molecule has 15 heavy (non-hydrogen) atoms. The molecule has 0 spiro atoms. The lowest BCUT2D eigenvalue weighted by atomic mass is 10.4. The maximum Gasteiger partial charge on any atom is 0.189 e. The zero-order chi connectivity index (χ0) is 10.7. The summed E-state index contributed by atoms with van der Waals surface area (Å²) in [4.78, 5) is 12.8. The molecule has 0 unspecified atom stereocenters. The van der Waals surface area contributed by atoms with E-state index in [2.05, 4.69) is 36.2 Å². The number of anilines is 1. The maximum atomic E-state index is 5.14. The highest BCUT2D eigenvalue weighted by Gasteiger charge is 2.12. The van der Waals surface area contributed by atoms with Crippen molar-refractivity contribution < 1.29 is 0 Å². The molecule has 1 N–H and O–H groups in total. The van der Waals surface area contributed by atoms with Gasteiger partial charge in [0, 0.05) is 23.1 Å². The van der Waals surface area contributed by atoms with Crippen LogP contribution in [0.4, 0.5) is 5.82 Å².